The normalized spacial score (nSPS) is 11.1. The van der Waals surface area contributed by atoms with Gasteiger partial charge in [0.1, 0.15) is 0 Å². The Morgan fingerprint density at radius 1 is 0.912 bits per heavy atom. The summed E-state index contributed by atoms with van der Waals surface area (Å²) in [6.07, 6.45) is 0. The third-order valence-corrected chi connectivity index (χ3v) is 5.61. The van der Waals surface area contributed by atoms with Crippen molar-refractivity contribution in [1.29, 1.82) is 0 Å². The lowest BCUT2D eigenvalue weighted by Gasteiger charge is -2.16. The van der Waals surface area contributed by atoms with Gasteiger partial charge in [-0.1, -0.05) is 71.9 Å². The Labute approximate surface area is 193 Å². The van der Waals surface area contributed by atoms with Crippen LogP contribution in [0.1, 0.15) is 21.8 Å². The molecule has 2 heterocycles. The first-order chi connectivity index (χ1) is 16.5. The van der Waals surface area contributed by atoms with Gasteiger partial charge in [-0.25, -0.2) is 9.59 Å². The van der Waals surface area contributed by atoms with Crippen molar-refractivity contribution < 1.29 is 24.4 Å². The van der Waals surface area contributed by atoms with Crippen LogP contribution in [0.15, 0.2) is 83.4 Å². The molecule has 0 saturated heterocycles. The number of carbonyl (C=O) groups is 2. The van der Waals surface area contributed by atoms with E-state index in [9.17, 15) is 19.9 Å². The molecular weight excluding hydrogens is 436 g/mol. The molecule has 5 rings (SSSR count). The van der Waals surface area contributed by atoms with Gasteiger partial charge in [-0.3, -0.25) is 5.21 Å². The van der Waals surface area contributed by atoms with Crippen LogP contribution in [0, 0.1) is 0 Å². The zero-order chi connectivity index (χ0) is 23.7. The molecule has 2 amide bonds. The Bertz CT molecular complexity index is 1450. The molecule has 3 aromatic carbocycles. The maximum absolute atomic E-state index is 12.7. The summed E-state index contributed by atoms with van der Waals surface area (Å²) in [6.45, 7) is 0.194. The number of carboxylic acids is 1. The summed E-state index contributed by atoms with van der Waals surface area (Å²) in [5.74, 6) is -1.40. The van der Waals surface area contributed by atoms with Crippen LogP contribution in [0.25, 0.3) is 21.8 Å². The third-order valence-electron chi connectivity index (χ3n) is 5.61. The number of nitrogens with zero attached hydrogens (tertiary/aromatic N) is 3. The molecule has 0 aliphatic heterocycles. The molecule has 9 nitrogen and oxygen atoms in total. The molecule has 0 aliphatic rings. The Hall–Kier alpha value is -4.63. The molecule has 2 aromatic heterocycles. The van der Waals surface area contributed by atoms with Crippen molar-refractivity contribution in [3.8, 4) is 0 Å². The molecule has 34 heavy (non-hydrogen) atoms. The largest absolute Gasteiger partial charge is 0.476 e. The molecule has 0 aliphatic carbocycles. The smallest absolute Gasteiger partial charge is 0.360 e. The van der Waals surface area contributed by atoms with Gasteiger partial charge in [0.2, 0.25) is 5.69 Å². The SMILES string of the molecule is O=C(O)c1noc(Cn2c3ccccc3c3ccccc32)c1N(O)C(=O)NCc1ccccc1. The summed E-state index contributed by atoms with van der Waals surface area (Å²) >= 11 is 0. The summed E-state index contributed by atoms with van der Waals surface area (Å²) < 4.78 is 7.26. The number of fused-ring (bicyclic) bond motifs is 3. The number of carbonyl (C=O) groups excluding carboxylic acids is 1. The minimum absolute atomic E-state index is 0.0290. The number of nitrogens with one attached hydrogen (secondary N) is 1. The second-order valence-corrected chi connectivity index (χ2v) is 7.68. The lowest BCUT2D eigenvalue weighted by atomic mass is 10.2. The van der Waals surface area contributed by atoms with E-state index in [1.165, 1.54) is 0 Å². The first kappa shape index (κ1) is 21.2. The zero-order valence-corrected chi connectivity index (χ0v) is 17.9. The fraction of sp³-hybridized carbons (Fsp3) is 0.0800. The molecule has 5 aromatic rings. The van der Waals surface area contributed by atoms with E-state index >= 15 is 0 Å². The van der Waals surface area contributed by atoms with Crippen molar-refractivity contribution in [3.63, 3.8) is 0 Å². The highest BCUT2D eigenvalue weighted by Crippen LogP contribution is 2.32. The minimum atomic E-state index is -1.43. The number of urea groups is 1. The fourth-order valence-electron chi connectivity index (χ4n) is 4.05. The highest BCUT2D eigenvalue weighted by Gasteiger charge is 2.30. The van der Waals surface area contributed by atoms with Crippen molar-refractivity contribution in [1.82, 2.24) is 15.0 Å². The number of aromatic carboxylic acids is 1. The van der Waals surface area contributed by atoms with Crippen molar-refractivity contribution in [2.24, 2.45) is 0 Å². The van der Waals surface area contributed by atoms with E-state index in [0.29, 0.717) is 0 Å². The number of hydrogen-bond donors (Lipinski definition) is 3. The average molecular weight is 456 g/mol. The van der Waals surface area contributed by atoms with Gasteiger partial charge in [0.25, 0.3) is 0 Å². The molecule has 0 radical (unpaired) electrons. The number of hydrogen-bond acceptors (Lipinski definition) is 5. The molecule has 0 fully saturated rings. The van der Waals surface area contributed by atoms with Crippen molar-refractivity contribution in [2.45, 2.75) is 13.1 Å². The molecule has 9 heteroatoms. The number of anilines is 1. The predicted molar refractivity (Wildman–Crippen MR) is 125 cm³/mol. The van der Waals surface area contributed by atoms with Crippen LogP contribution < -0.4 is 10.4 Å². The summed E-state index contributed by atoms with van der Waals surface area (Å²) in [5, 5.41) is 28.7. The molecule has 0 atom stereocenters. The molecular formula is C25H20N4O5. The van der Waals surface area contributed by atoms with Gasteiger partial charge in [0.05, 0.1) is 6.54 Å². The van der Waals surface area contributed by atoms with E-state index in [4.69, 9.17) is 4.52 Å². The lowest BCUT2D eigenvalue weighted by molar-refractivity contribution is 0.0685. The van der Waals surface area contributed by atoms with E-state index in [2.05, 4.69) is 10.5 Å². The Kier molecular flexibility index (Phi) is 5.44. The molecule has 0 bridgehead atoms. The number of para-hydroxylation sites is 2. The highest BCUT2D eigenvalue weighted by molar-refractivity contribution is 6.08. The van der Waals surface area contributed by atoms with Crippen molar-refractivity contribution in [3.05, 3.63) is 95.9 Å². The maximum Gasteiger partial charge on any atom is 0.360 e. The fourth-order valence-corrected chi connectivity index (χ4v) is 4.05. The van der Waals surface area contributed by atoms with Gasteiger partial charge in [-0.2, -0.15) is 5.06 Å². The predicted octanol–water partition coefficient (Wildman–Crippen LogP) is 4.63. The quantitative estimate of drug-likeness (QED) is 0.253. The zero-order valence-electron chi connectivity index (χ0n) is 17.9. The van der Waals surface area contributed by atoms with E-state index in [-0.39, 0.29) is 29.6 Å². The van der Waals surface area contributed by atoms with Crippen molar-refractivity contribution >= 4 is 39.5 Å². The monoisotopic (exact) mass is 456 g/mol. The second-order valence-electron chi connectivity index (χ2n) is 7.68. The number of rotatable bonds is 6. The summed E-state index contributed by atoms with van der Waals surface area (Å²) in [7, 11) is 0. The van der Waals surface area contributed by atoms with E-state index in [1.807, 2.05) is 83.4 Å². The van der Waals surface area contributed by atoms with Gasteiger partial charge in [0, 0.05) is 28.4 Å². The van der Waals surface area contributed by atoms with Crippen LogP contribution in [-0.4, -0.2) is 32.0 Å². The summed E-state index contributed by atoms with van der Waals surface area (Å²) in [6, 6.07) is 23.8. The third kappa shape index (κ3) is 3.74. The lowest BCUT2D eigenvalue weighted by Crippen LogP contribution is -2.38. The van der Waals surface area contributed by atoms with Crippen LogP contribution in [-0.2, 0) is 13.1 Å². The Morgan fingerprint density at radius 3 is 2.12 bits per heavy atom. The standard InChI is InChI=1S/C25H20N4O5/c30-24(31)22-23(29(33)25(32)26-14-16-8-2-1-3-9-16)21(34-27-22)15-28-19-12-6-4-10-17(19)18-11-5-7-13-20(18)28/h1-13,33H,14-15H2,(H,26,32)(H,30,31). The molecule has 0 spiro atoms. The van der Waals surface area contributed by atoms with E-state index in [1.54, 1.807) is 0 Å². The minimum Gasteiger partial charge on any atom is -0.476 e. The number of amides is 2. The van der Waals surface area contributed by atoms with E-state index < -0.39 is 17.7 Å². The topological polar surface area (TPSA) is 121 Å². The number of carboxylic acid groups (broad SMARTS) is 1. The van der Waals surface area contributed by atoms with Gasteiger partial charge >= 0.3 is 12.0 Å². The summed E-state index contributed by atoms with van der Waals surface area (Å²) in [5.41, 5.74) is 1.72. The van der Waals surface area contributed by atoms with Crippen LogP contribution in [0.3, 0.4) is 0 Å². The average Bonchev–Trinajstić information content (AvgIpc) is 3.43. The van der Waals surface area contributed by atoms with Gasteiger partial charge in [0.15, 0.2) is 11.4 Å². The molecule has 0 saturated carbocycles. The Morgan fingerprint density at radius 2 is 1.50 bits per heavy atom. The number of hydroxylamine groups is 1. The maximum atomic E-state index is 12.7. The van der Waals surface area contributed by atoms with Crippen LogP contribution in [0.4, 0.5) is 10.5 Å². The first-order valence-corrected chi connectivity index (χ1v) is 10.5. The van der Waals surface area contributed by atoms with Crippen LogP contribution in [0.5, 0.6) is 0 Å². The van der Waals surface area contributed by atoms with Crippen LogP contribution >= 0.6 is 0 Å². The first-order valence-electron chi connectivity index (χ1n) is 10.5. The second kappa shape index (κ2) is 8.72. The van der Waals surface area contributed by atoms with Gasteiger partial charge in [-0.15, -0.1) is 0 Å². The van der Waals surface area contributed by atoms with Crippen molar-refractivity contribution in [2.75, 3.05) is 5.06 Å². The number of benzene rings is 3. The molecule has 0 unspecified atom stereocenters. The molecule has 3 N–H and O–H groups in total. The number of aromatic nitrogens is 2. The highest BCUT2D eigenvalue weighted by atomic mass is 16.5. The van der Waals surface area contributed by atoms with Gasteiger partial charge < -0.3 is 19.5 Å². The van der Waals surface area contributed by atoms with E-state index in [0.717, 1.165) is 27.4 Å². The Balaban J connectivity index is 1.51. The van der Waals surface area contributed by atoms with Crippen LogP contribution in [0.2, 0.25) is 0 Å². The summed E-state index contributed by atoms with van der Waals surface area (Å²) in [4.78, 5) is 24.4. The van der Waals surface area contributed by atoms with Gasteiger partial charge in [-0.05, 0) is 17.7 Å². The molecule has 170 valence electrons.